The molecule has 3 atom stereocenters. The molecule has 0 aromatic carbocycles. The van der Waals surface area contributed by atoms with Gasteiger partial charge in [-0.25, -0.2) is 9.36 Å². The first-order valence-electron chi connectivity index (χ1n) is 20.4. The van der Waals surface area contributed by atoms with Crippen LogP contribution in [0.5, 0.6) is 0 Å². The van der Waals surface area contributed by atoms with Crippen LogP contribution in [0.3, 0.4) is 0 Å². The second-order valence-electron chi connectivity index (χ2n) is 13.8. The third-order valence-corrected chi connectivity index (χ3v) is 9.69. The van der Waals surface area contributed by atoms with Gasteiger partial charge < -0.3 is 25.2 Å². The van der Waals surface area contributed by atoms with E-state index >= 15 is 0 Å². The second kappa shape index (κ2) is 36.0. The lowest BCUT2D eigenvalue weighted by atomic mass is 10.1. The topological polar surface area (TPSA) is 169 Å². The Labute approximate surface area is 315 Å². The smallest absolute Gasteiger partial charge is 0.472 e. The monoisotopic (exact) mass is 760 g/mol. The number of carboxylic acid groups (broad SMARTS) is 1. The Morgan fingerprint density at radius 1 is 0.615 bits per heavy atom. The van der Waals surface area contributed by atoms with Crippen molar-refractivity contribution >= 4 is 25.7 Å². The van der Waals surface area contributed by atoms with Gasteiger partial charge in [0.1, 0.15) is 12.7 Å². The van der Waals surface area contributed by atoms with Gasteiger partial charge in [-0.05, 0) is 44.9 Å². The Bertz CT molecular complexity index is 989. The number of ether oxygens (including phenoxy) is 1. The first-order valence-corrected chi connectivity index (χ1v) is 21.9. The molecule has 0 saturated heterocycles. The quantitative estimate of drug-likeness (QED) is 0.0206. The third kappa shape index (κ3) is 35.0. The summed E-state index contributed by atoms with van der Waals surface area (Å²) in [6.45, 7) is 2.54. The number of phosphoric acid groups is 1. The summed E-state index contributed by atoms with van der Waals surface area (Å²) < 4.78 is 26.7. The average Bonchev–Trinajstić information content (AvgIpc) is 3.11. The first-order chi connectivity index (χ1) is 25.1. The van der Waals surface area contributed by atoms with Gasteiger partial charge in [0, 0.05) is 12.8 Å². The highest BCUT2D eigenvalue weighted by Gasteiger charge is 2.28. The van der Waals surface area contributed by atoms with Crippen LogP contribution in [-0.4, -0.2) is 64.9 Å². The lowest BCUT2D eigenvalue weighted by Gasteiger charge is -2.18. The SMILES string of the molecule is CCCCCC/C=C\C/C=C\CCCCCCCCCC(=O)NC(COP(=O)(O)OCC(O)COC(=O)CCCCCCCCCCCC)C(=O)O. The van der Waals surface area contributed by atoms with Crippen molar-refractivity contribution in [3.63, 3.8) is 0 Å². The number of unbranched alkanes of at least 4 members (excludes halogenated alkanes) is 20. The van der Waals surface area contributed by atoms with Gasteiger partial charge in [0.2, 0.25) is 5.91 Å². The minimum absolute atomic E-state index is 0.138. The Kier molecular flexibility index (Phi) is 34.6. The highest BCUT2D eigenvalue weighted by atomic mass is 31.2. The number of esters is 1. The van der Waals surface area contributed by atoms with Gasteiger partial charge in [-0.1, -0.05) is 147 Å². The highest BCUT2D eigenvalue weighted by molar-refractivity contribution is 7.47. The number of carbonyl (C=O) groups excluding carboxylic acids is 2. The largest absolute Gasteiger partial charge is 0.480 e. The van der Waals surface area contributed by atoms with Crippen LogP contribution in [-0.2, 0) is 32.7 Å². The number of aliphatic hydroxyl groups is 1. The predicted octanol–water partition coefficient (Wildman–Crippen LogP) is 9.89. The van der Waals surface area contributed by atoms with Crippen LogP contribution in [0.4, 0.5) is 0 Å². The molecule has 0 bridgehead atoms. The fraction of sp³-hybridized carbons (Fsp3) is 0.825. The van der Waals surface area contributed by atoms with Crippen LogP contribution >= 0.6 is 7.82 Å². The normalized spacial score (nSPS) is 14.1. The first kappa shape index (κ1) is 50.0. The molecule has 52 heavy (non-hydrogen) atoms. The summed E-state index contributed by atoms with van der Waals surface area (Å²) in [5.74, 6) is -2.38. The van der Waals surface area contributed by atoms with Crippen molar-refractivity contribution in [2.24, 2.45) is 0 Å². The van der Waals surface area contributed by atoms with E-state index in [1.54, 1.807) is 0 Å². The summed E-state index contributed by atoms with van der Waals surface area (Å²) in [5.41, 5.74) is 0. The molecule has 0 rings (SSSR count). The van der Waals surface area contributed by atoms with Gasteiger partial charge in [-0.15, -0.1) is 0 Å². The summed E-state index contributed by atoms with van der Waals surface area (Å²) in [6.07, 6.45) is 34.9. The zero-order chi connectivity index (χ0) is 38.5. The summed E-state index contributed by atoms with van der Waals surface area (Å²) in [5, 5.41) is 21.7. The van der Waals surface area contributed by atoms with E-state index in [1.165, 1.54) is 83.5 Å². The van der Waals surface area contributed by atoms with Crippen LogP contribution in [0.1, 0.15) is 181 Å². The van der Waals surface area contributed by atoms with Crippen molar-refractivity contribution in [3.8, 4) is 0 Å². The van der Waals surface area contributed by atoms with E-state index in [0.29, 0.717) is 12.8 Å². The molecule has 0 fully saturated rings. The average molecular weight is 760 g/mol. The van der Waals surface area contributed by atoms with Crippen molar-refractivity contribution in [1.82, 2.24) is 5.32 Å². The van der Waals surface area contributed by atoms with Gasteiger partial charge in [-0.2, -0.15) is 0 Å². The zero-order valence-electron chi connectivity index (χ0n) is 32.6. The molecular formula is C40H74NO10P. The fourth-order valence-corrected chi connectivity index (χ4v) is 6.29. The molecular weight excluding hydrogens is 685 g/mol. The van der Waals surface area contributed by atoms with E-state index in [0.717, 1.165) is 57.8 Å². The van der Waals surface area contributed by atoms with E-state index in [-0.39, 0.29) is 12.8 Å². The molecule has 0 aliphatic rings. The number of aliphatic carboxylic acids is 1. The van der Waals surface area contributed by atoms with Crippen molar-refractivity contribution in [2.75, 3.05) is 19.8 Å². The minimum Gasteiger partial charge on any atom is -0.480 e. The summed E-state index contributed by atoms with van der Waals surface area (Å²) in [6, 6.07) is -1.55. The number of allylic oxidation sites excluding steroid dienone is 4. The standard InChI is InChI=1S/C40H74NO10P/c1-3-5-7-9-11-13-15-16-17-18-19-20-21-22-23-25-27-29-31-38(43)41-37(40(45)46)35-51-52(47,48)50-34-36(42)33-49-39(44)32-30-28-26-24-14-12-10-8-6-4-2/h13,15,17-18,36-37,42H,3-12,14,16,19-35H2,1-2H3,(H,41,43)(H,45,46)(H,47,48)/b15-13-,18-17-. The molecule has 1 amide bonds. The van der Waals surface area contributed by atoms with Crippen molar-refractivity contribution in [1.29, 1.82) is 0 Å². The number of phosphoric ester groups is 1. The Balaban J connectivity index is 3.95. The second-order valence-corrected chi connectivity index (χ2v) is 15.3. The minimum atomic E-state index is -4.75. The lowest BCUT2D eigenvalue weighted by molar-refractivity contribution is -0.147. The summed E-state index contributed by atoms with van der Waals surface area (Å²) in [4.78, 5) is 45.7. The van der Waals surface area contributed by atoms with Gasteiger partial charge in [0.25, 0.3) is 0 Å². The molecule has 0 aliphatic heterocycles. The van der Waals surface area contributed by atoms with Crippen LogP contribution in [0.25, 0.3) is 0 Å². The number of aliphatic hydroxyl groups excluding tert-OH is 1. The maximum absolute atomic E-state index is 12.3. The molecule has 11 nitrogen and oxygen atoms in total. The number of carbonyl (C=O) groups is 3. The molecule has 0 saturated carbocycles. The Hall–Kier alpha value is -2.04. The van der Waals surface area contributed by atoms with Crippen LogP contribution in [0, 0.1) is 0 Å². The van der Waals surface area contributed by atoms with Crippen molar-refractivity contribution in [3.05, 3.63) is 24.3 Å². The number of nitrogens with one attached hydrogen (secondary N) is 1. The highest BCUT2D eigenvalue weighted by Crippen LogP contribution is 2.43. The number of amides is 1. The van der Waals surface area contributed by atoms with E-state index in [1.807, 2.05) is 0 Å². The molecule has 3 unspecified atom stereocenters. The van der Waals surface area contributed by atoms with Gasteiger partial charge in [0.05, 0.1) is 13.2 Å². The maximum Gasteiger partial charge on any atom is 0.472 e. The van der Waals surface area contributed by atoms with Gasteiger partial charge in [-0.3, -0.25) is 18.6 Å². The van der Waals surface area contributed by atoms with Crippen LogP contribution < -0.4 is 5.32 Å². The third-order valence-electron chi connectivity index (χ3n) is 8.74. The zero-order valence-corrected chi connectivity index (χ0v) is 33.5. The molecule has 0 heterocycles. The maximum atomic E-state index is 12.3. The molecule has 0 radical (unpaired) electrons. The molecule has 304 valence electrons. The van der Waals surface area contributed by atoms with E-state index in [2.05, 4.69) is 43.5 Å². The van der Waals surface area contributed by atoms with Crippen molar-refractivity contribution < 1.29 is 47.8 Å². The number of hydrogen-bond donors (Lipinski definition) is 4. The number of carboxylic acids is 1. The van der Waals surface area contributed by atoms with E-state index in [4.69, 9.17) is 13.8 Å². The summed E-state index contributed by atoms with van der Waals surface area (Å²) >= 11 is 0. The fourth-order valence-electron chi connectivity index (χ4n) is 5.52. The van der Waals surface area contributed by atoms with Crippen LogP contribution in [0.15, 0.2) is 24.3 Å². The molecule has 0 aromatic rings. The molecule has 0 spiro atoms. The molecule has 0 aliphatic carbocycles. The van der Waals surface area contributed by atoms with Gasteiger partial charge >= 0.3 is 19.8 Å². The Morgan fingerprint density at radius 2 is 1.06 bits per heavy atom. The molecule has 4 N–H and O–H groups in total. The van der Waals surface area contributed by atoms with Gasteiger partial charge in [0.15, 0.2) is 6.04 Å². The molecule has 12 heteroatoms. The lowest BCUT2D eigenvalue weighted by Crippen LogP contribution is -2.43. The van der Waals surface area contributed by atoms with Crippen LogP contribution in [0.2, 0.25) is 0 Å². The van der Waals surface area contributed by atoms with Crippen molar-refractivity contribution in [2.45, 2.75) is 193 Å². The summed E-state index contributed by atoms with van der Waals surface area (Å²) in [7, 11) is -4.75. The van der Waals surface area contributed by atoms with E-state index < -0.39 is 57.6 Å². The number of hydrogen-bond acceptors (Lipinski definition) is 8. The predicted molar refractivity (Wildman–Crippen MR) is 208 cm³/mol. The molecule has 0 aromatic heterocycles. The number of rotatable bonds is 38. The van der Waals surface area contributed by atoms with E-state index in [9.17, 15) is 34.1 Å². The Morgan fingerprint density at radius 3 is 1.58 bits per heavy atom.